The zero-order valence-electron chi connectivity index (χ0n) is 20.2. The number of aliphatic hydroxyl groups excluding tert-OH is 1. The number of aliphatic hydroxyl groups is 1. The van der Waals surface area contributed by atoms with Crippen molar-refractivity contribution in [2.75, 3.05) is 26.8 Å². The second-order valence-corrected chi connectivity index (χ2v) is 9.77. The van der Waals surface area contributed by atoms with E-state index in [1.165, 1.54) is 11.3 Å². The second-order valence-electron chi connectivity index (χ2n) is 8.91. The summed E-state index contributed by atoms with van der Waals surface area (Å²) in [6.07, 6.45) is 0.915. The van der Waals surface area contributed by atoms with Crippen molar-refractivity contribution in [3.63, 3.8) is 0 Å². The number of aromatic amines is 1. The molecule has 35 heavy (non-hydrogen) atoms. The van der Waals surface area contributed by atoms with Gasteiger partial charge in [-0.2, -0.15) is 0 Å². The van der Waals surface area contributed by atoms with E-state index < -0.39 is 6.10 Å². The first-order valence-corrected chi connectivity index (χ1v) is 12.5. The molecule has 0 aliphatic carbocycles. The van der Waals surface area contributed by atoms with E-state index in [9.17, 15) is 9.90 Å². The number of nitrogens with zero attached hydrogens (tertiary/aromatic N) is 2. The van der Waals surface area contributed by atoms with Crippen molar-refractivity contribution in [1.29, 1.82) is 0 Å². The van der Waals surface area contributed by atoms with Crippen molar-refractivity contribution in [2.24, 2.45) is 5.92 Å². The number of ether oxygens (including phenoxy) is 2. The normalized spacial score (nSPS) is 12.6. The van der Waals surface area contributed by atoms with Crippen LogP contribution in [0, 0.1) is 5.92 Å². The molecule has 4 aromatic rings. The summed E-state index contributed by atoms with van der Waals surface area (Å²) in [6, 6.07) is 11.3. The van der Waals surface area contributed by atoms with Crippen LogP contribution in [0.25, 0.3) is 21.3 Å². The molecule has 0 radical (unpaired) electrons. The molecular formula is C26H31N3O5S. The Morgan fingerprint density at radius 1 is 1.23 bits per heavy atom. The van der Waals surface area contributed by atoms with Crippen LogP contribution in [0.3, 0.4) is 0 Å². The quantitative estimate of drug-likeness (QED) is 0.301. The largest absolute Gasteiger partial charge is 0.497 e. The predicted octanol–water partition coefficient (Wildman–Crippen LogP) is 4.29. The van der Waals surface area contributed by atoms with Crippen LogP contribution in [-0.2, 0) is 17.9 Å². The fraction of sp³-hybridized carbons (Fsp3) is 0.385. The molecule has 186 valence electrons. The highest BCUT2D eigenvalue weighted by atomic mass is 32.1. The van der Waals surface area contributed by atoms with Crippen molar-refractivity contribution in [2.45, 2.75) is 33.1 Å². The van der Waals surface area contributed by atoms with Crippen LogP contribution in [0.15, 0.2) is 57.3 Å². The van der Waals surface area contributed by atoms with Gasteiger partial charge < -0.3 is 24.0 Å². The first-order chi connectivity index (χ1) is 16.9. The van der Waals surface area contributed by atoms with Gasteiger partial charge in [0, 0.05) is 24.0 Å². The van der Waals surface area contributed by atoms with Crippen LogP contribution in [0.1, 0.15) is 25.4 Å². The lowest BCUT2D eigenvalue weighted by atomic mass is 10.1. The van der Waals surface area contributed by atoms with E-state index in [1.807, 2.05) is 35.7 Å². The number of H-pyrrole nitrogens is 1. The van der Waals surface area contributed by atoms with Crippen molar-refractivity contribution < 1.29 is 19.0 Å². The van der Waals surface area contributed by atoms with E-state index >= 15 is 0 Å². The minimum atomic E-state index is -0.680. The molecule has 3 heterocycles. The monoisotopic (exact) mass is 497 g/mol. The number of thiophene rings is 1. The standard InChI is InChI=1S/C26H31N3O5S/c1-17(2)11-29(12-19(30)14-33-15-21-8-5-9-34-21)13-23-27-25(31)24-22(16-35-26(24)28-23)18-6-4-7-20(10-18)32-3/h4-10,16-17,19,30H,11-15H2,1-3H3,(H,27,28,31). The van der Waals surface area contributed by atoms with Crippen molar-refractivity contribution >= 4 is 21.6 Å². The number of furan rings is 1. The number of nitrogens with one attached hydrogen (secondary N) is 1. The lowest BCUT2D eigenvalue weighted by molar-refractivity contribution is 0.00187. The molecular weight excluding hydrogens is 466 g/mol. The Bertz CT molecular complexity index is 1280. The number of rotatable bonds is 12. The maximum atomic E-state index is 13.1. The van der Waals surface area contributed by atoms with E-state index in [0.29, 0.717) is 41.7 Å². The number of benzene rings is 1. The lowest BCUT2D eigenvalue weighted by Gasteiger charge is -2.26. The van der Waals surface area contributed by atoms with Crippen molar-refractivity contribution in [1.82, 2.24) is 14.9 Å². The molecule has 1 atom stereocenters. The Morgan fingerprint density at radius 2 is 2.09 bits per heavy atom. The van der Waals surface area contributed by atoms with Gasteiger partial charge in [0.25, 0.3) is 5.56 Å². The number of methoxy groups -OCH3 is 1. The zero-order chi connectivity index (χ0) is 24.8. The van der Waals surface area contributed by atoms with E-state index in [0.717, 1.165) is 29.2 Å². The summed E-state index contributed by atoms with van der Waals surface area (Å²) in [5.74, 6) is 2.41. The van der Waals surface area contributed by atoms with Gasteiger partial charge >= 0.3 is 0 Å². The van der Waals surface area contributed by atoms with Crippen LogP contribution in [0.5, 0.6) is 5.75 Å². The van der Waals surface area contributed by atoms with Gasteiger partial charge in [0.2, 0.25) is 0 Å². The van der Waals surface area contributed by atoms with E-state index in [4.69, 9.17) is 18.9 Å². The molecule has 0 spiro atoms. The molecule has 2 N–H and O–H groups in total. The highest BCUT2D eigenvalue weighted by molar-refractivity contribution is 7.17. The molecule has 1 aromatic carbocycles. The van der Waals surface area contributed by atoms with Crippen LogP contribution in [0.2, 0.25) is 0 Å². The molecule has 0 saturated heterocycles. The van der Waals surface area contributed by atoms with Crippen molar-refractivity contribution in [3.05, 3.63) is 70.0 Å². The number of hydrogen-bond acceptors (Lipinski definition) is 8. The smallest absolute Gasteiger partial charge is 0.260 e. The SMILES string of the molecule is COc1cccc(-c2csc3nc(CN(CC(C)C)CC(O)COCc4ccco4)[nH]c(=O)c23)c1. The molecule has 9 heteroatoms. The molecule has 4 rings (SSSR count). The van der Waals surface area contributed by atoms with Crippen LogP contribution >= 0.6 is 11.3 Å². The summed E-state index contributed by atoms with van der Waals surface area (Å²) in [4.78, 5) is 23.5. The molecule has 0 amide bonds. The Hall–Kier alpha value is -2.98. The molecule has 3 aromatic heterocycles. The Morgan fingerprint density at radius 3 is 2.83 bits per heavy atom. The molecule has 8 nitrogen and oxygen atoms in total. The van der Waals surface area contributed by atoms with Crippen LogP contribution in [0.4, 0.5) is 0 Å². The highest BCUT2D eigenvalue weighted by Gasteiger charge is 2.18. The second kappa shape index (κ2) is 11.6. The third-order valence-electron chi connectivity index (χ3n) is 5.47. The average Bonchev–Trinajstić information content (AvgIpc) is 3.49. The molecule has 1 unspecified atom stereocenters. The van der Waals surface area contributed by atoms with Gasteiger partial charge in [0.15, 0.2) is 0 Å². The van der Waals surface area contributed by atoms with Gasteiger partial charge in [-0.1, -0.05) is 26.0 Å². The highest BCUT2D eigenvalue weighted by Crippen LogP contribution is 2.32. The van der Waals surface area contributed by atoms with Gasteiger partial charge in [-0.05, 0) is 35.7 Å². The fourth-order valence-corrected chi connectivity index (χ4v) is 5.01. The maximum absolute atomic E-state index is 13.1. The molecule has 0 aliphatic rings. The molecule has 0 saturated carbocycles. The van der Waals surface area contributed by atoms with Gasteiger partial charge in [0.1, 0.15) is 28.8 Å². The predicted molar refractivity (Wildman–Crippen MR) is 137 cm³/mol. The topological polar surface area (TPSA) is 101 Å². The van der Waals surface area contributed by atoms with E-state index in [1.54, 1.807) is 19.4 Å². The summed E-state index contributed by atoms with van der Waals surface area (Å²) >= 11 is 1.45. The minimum absolute atomic E-state index is 0.170. The summed E-state index contributed by atoms with van der Waals surface area (Å²) in [5.41, 5.74) is 1.58. The first kappa shape index (κ1) is 25.1. The Balaban J connectivity index is 1.47. The minimum Gasteiger partial charge on any atom is -0.497 e. The third kappa shape index (κ3) is 6.58. The van der Waals surface area contributed by atoms with Crippen LogP contribution in [-0.4, -0.2) is 52.9 Å². The Kier molecular flexibility index (Phi) is 8.35. The summed E-state index contributed by atoms with van der Waals surface area (Å²) in [6.45, 7) is 6.30. The lowest BCUT2D eigenvalue weighted by Crippen LogP contribution is -2.37. The van der Waals surface area contributed by atoms with Gasteiger partial charge in [-0.3, -0.25) is 9.69 Å². The van der Waals surface area contributed by atoms with Gasteiger partial charge in [-0.15, -0.1) is 11.3 Å². The fourth-order valence-electron chi connectivity index (χ4n) is 4.04. The van der Waals surface area contributed by atoms with Gasteiger partial charge in [-0.25, -0.2) is 4.98 Å². The molecule has 0 aliphatic heterocycles. The van der Waals surface area contributed by atoms with E-state index in [-0.39, 0.29) is 12.2 Å². The molecule has 0 fully saturated rings. The van der Waals surface area contributed by atoms with E-state index in [2.05, 4.69) is 23.7 Å². The number of hydrogen-bond donors (Lipinski definition) is 2. The summed E-state index contributed by atoms with van der Waals surface area (Å²) in [5, 5.41) is 13.1. The van der Waals surface area contributed by atoms with Crippen molar-refractivity contribution in [3.8, 4) is 16.9 Å². The average molecular weight is 498 g/mol. The molecule has 0 bridgehead atoms. The Labute approximate surface area is 208 Å². The number of fused-ring (bicyclic) bond motifs is 1. The maximum Gasteiger partial charge on any atom is 0.260 e. The summed E-state index contributed by atoms with van der Waals surface area (Å²) in [7, 11) is 1.62. The third-order valence-corrected chi connectivity index (χ3v) is 6.35. The zero-order valence-corrected chi connectivity index (χ0v) is 21.0. The first-order valence-electron chi connectivity index (χ1n) is 11.6. The van der Waals surface area contributed by atoms with Gasteiger partial charge in [0.05, 0.1) is 38.0 Å². The van der Waals surface area contributed by atoms with Crippen LogP contribution < -0.4 is 10.3 Å². The summed E-state index contributed by atoms with van der Waals surface area (Å²) < 4.78 is 16.2. The number of aromatic nitrogens is 2.